The Morgan fingerprint density at radius 2 is 1.81 bits per heavy atom. The highest BCUT2D eigenvalue weighted by molar-refractivity contribution is 5.80. The summed E-state index contributed by atoms with van der Waals surface area (Å²) in [4.78, 5) is 9.91. The first-order valence-electron chi connectivity index (χ1n) is 12.6. The molecule has 2 saturated heterocycles. The first-order chi connectivity index (χ1) is 15.7. The summed E-state index contributed by atoms with van der Waals surface area (Å²) in [5.74, 6) is 1.85. The van der Waals surface area contributed by atoms with E-state index in [9.17, 15) is 0 Å². The van der Waals surface area contributed by atoms with Crippen LogP contribution in [0.15, 0.2) is 29.3 Å². The number of piperidine rings is 2. The molecule has 1 unspecified atom stereocenters. The van der Waals surface area contributed by atoms with E-state index in [0.29, 0.717) is 6.10 Å². The third kappa shape index (κ3) is 8.38. The Labute approximate surface area is 195 Å². The van der Waals surface area contributed by atoms with Crippen LogP contribution in [0, 0.1) is 5.92 Å². The lowest BCUT2D eigenvalue weighted by Gasteiger charge is -2.34. The molecule has 2 heterocycles. The molecule has 6 heteroatoms. The Morgan fingerprint density at radius 3 is 2.50 bits per heavy atom. The molecule has 1 aromatic rings. The zero-order valence-electron chi connectivity index (χ0n) is 20.5. The summed E-state index contributed by atoms with van der Waals surface area (Å²) in [6.07, 6.45) is 6.15. The van der Waals surface area contributed by atoms with E-state index < -0.39 is 0 Å². The smallest absolute Gasteiger partial charge is 0.194 e. The van der Waals surface area contributed by atoms with Gasteiger partial charge < -0.3 is 19.7 Å². The molecule has 2 aliphatic rings. The third-order valence-corrected chi connectivity index (χ3v) is 6.50. The van der Waals surface area contributed by atoms with Crippen LogP contribution in [0.2, 0.25) is 0 Å². The monoisotopic (exact) mass is 444 g/mol. The van der Waals surface area contributed by atoms with Crippen molar-refractivity contribution >= 4 is 5.96 Å². The van der Waals surface area contributed by atoms with Gasteiger partial charge in [0.25, 0.3) is 0 Å². The van der Waals surface area contributed by atoms with E-state index in [4.69, 9.17) is 14.5 Å². The van der Waals surface area contributed by atoms with Gasteiger partial charge in [-0.15, -0.1) is 0 Å². The van der Waals surface area contributed by atoms with Crippen LogP contribution in [0.3, 0.4) is 0 Å². The maximum atomic E-state index is 6.00. The van der Waals surface area contributed by atoms with Crippen LogP contribution in [0.5, 0.6) is 0 Å². The van der Waals surface area contributed by atoms with Gasteiger partial charge in [0.2, 0.25) is 0 Å². The maximum absolute atomic E-state index is 6.00. The molecule has 2 fully saturated rings. The van der Waals surface area contributed by atoms with Crippen molar-refractivity contribution in [1.29, 1.82) is 0 Å². The van der Waals surface area contributed by atoms with Gasteiger partial charge in [-0.25, -0.2) is 4.99 Å². The summed E-state index contributed by atoms with van der Waals surface area (Å²) in [7, 11) is 1.74. The number of guanidine groups is 1. The molecular formula is C26H44N4O2. The van der Waals surface area contributed by atoms with E-state index in [0.717, 1.165) is 77.1 Å². The number of nitrogens with one attached hydrogen (secondary N) is 1. The van der Waals surface area contributed by atoms with Gasteiger partial charge in [0, 0.05) is 53.0 Å². The van der Waals surface area contributed by atoms with Crippen LogP contribution in [-0.4, -0.2) is 74.9 Å². The summed E-state index contributed by atoms with van der Waals surface area (Å²) in [6, 6.07) is 9.05. The molecule has 1 aromatic carbocycles. The molecule has 0 saturated carbocycles. The number of hydrogen-bond acceptors (Lipinski definition) is 4. The van der Waals surface area contributed by atoms with Crippen LogP contribution < -0.4 is 5.32 Å². The predicted molar refractivity (Wildman–Crippen MR) is 132 cm³/mol. The van der Waals surface area contributed by atoms with E-state index in [1.165, 1.54) is 37.1 Å². The Hall–Kier alpha value is -1.63. The van der Waals surface area contributed by atoms with E-state index in [-0.39, 0.29) is 0 Å². The highest BCUT2D eigenvalue weighted by Gasteiger charge is 2.22. The maximum Gasteiger partial charge on any atom is 0.194 e. The summed E-state index contributed by atoms with van der Waals surface area (Å²) in [6.45, 7) is 13.2. The third-order valence-electron chi connectivity index (χ3n) is 6.50. The highest BCUT2D eigenvalue weighted by atomic mass is 16.5. The standard InChI is InChI=1S/C26H44N4O2/c1-4-27-26(30-15-12-25(13-16-30)32-18-6-17-31-3)28-19-23-8-10-24(11-9-23)21-29-14-5-7-22(2)20-29/h8-11,22,25H,4-7,12-21H2,1-3H3,(H,27,28). The molecule has 1 atom stereocenters. The van der Waals surface area contributed by atoms with Gasteiger partial charge in [0.05, 0.1) is 12.6 Å². The van der Waals surface area contributed by atoms with Crippen LogP contribution in [0.4, 0.5) is 0 Å². The number of hydrogen-bond donors (Lipinski definition) is 1. The average Bonchev–Trinajstić information content (AvgIpc) is 2.81. The zero-order chi connectivity index (χ0) is 22.6. The van der Waals surface area contributed by atoms with Crippen LogP contribution >= 0.6 is 0 Å². The van der Waals surface area contributed by atoms with Crippen LogP contribution in [0.25, 0.3) is 0 Å². The van der Waals surface area contributed by atoms with Crippen molar-refractivity contribution in [2.75, 3.05) is 53.0 Å². The fourth-order valence-electron chi connectivity index (χ4n) is 4.72. The summed E-state index contributed by atoms with van der Waals surface area (Å²) in [5, 5.41) is 3.48. The molecule has 0 aromatic heterocycles. The molecule has 0 aliphatic carbocycles. The Balaban J connectivity index is 1.46. The average molecular weight is 445 g/mol. The molecule has 0 amide bonds. The van der Waals surface area contributed by atoms with Crippen molar-refractivity contribution < 1.29 is 9.47 Å². The first-order valence-corrected chi connectivity index (χ1v) is 12.6. The number of likely N-dealkylation sites (tertiary alicyclic amines) is 2. The van der Waals surface area contributed by atoms with Crippen molar-refractivity contribution in [3.63, 3.8) is 0 Å². The minimum atomic E-state index is 0.362. The Bertz CT molecular complexity index is 671. The summed E-state index contributed by atoms with van der Waals surface area (Å²) in [5.41, 5.74) is 2.68. The van der Waals surface area contributed by atoms with E-state index >= 15 is 0 Å². The fraction of sp³-hybridized carbons (Fsp3) is 0.731. The van der Waals surface area contributed by atoms with Crippen molar-refractivity contribution in [3.8, 4) is 0 Å². The topological polar surface area (TPSA) is 49.3 Å². The second-order valence-corrected chi connectivity index (χ2v) is 9.37. The molecule has 0 bridgehead atoms. The van der Waals surface area contributed by atoms with Crippen molar-refractivity contribution in [1.82, 2.24) is 15.1 Å². The van der Waals surface area contributed by atoms with Gasteiger partial charge >= 0.3 is 0 Å². The van der Waals surface area contributed by atoms with Crippen LogP contribution in [0.1, 0.15) is 57.1 Å². The van der Waals surface area contributed by atoms with Gasteiger partial charge in [0.15, 0.2) is 5.96 Å². The normalized spacial score (nSPS) is 21.2. The van der Waals surface area contributed by atoms with Gasteiger partial charge in [-0.3, -0.25) is 4.90 Å². The molecule has 1 N–H and O–H groups in total. The number of nitrogens with zero attached hydrogens (tertiary/aromatic N) is 3. The van der Waals surface area contributed by atoms with Crippen molar-refractivity contribution in [2.24, 2.45) is 10.9 Å². The highest BCUT2D eigenvalue weighted by Crippen LogP contribution is 2.18. The Kier molecular flexibility index (Phi) is 10.8. The lowest BCUT2D eigenvalue weighted by Crippen LogP contribution is -2.47. The summed E-state index contributed by atoms with van der Waals surface area (Å²) < 4.78 is 11.1. The molecule has 3 rings (SSSR count). The molecule has 6 nitrogen and oxygen atoms in total. The number of benzene rings is 1. The lowest BCUT2D eigenvalue weighted by atomic mass is 9.99. The van der Waals surface area contributed by atoms with E-state index in [1.54, 1.807) is 7.11 Å². The zero-order valence-corrected chi connectivity index (χ0v) is 20.5. The minimum absolute atomic E-state index is 0.362. The van der Waals surface area contributed by atoms with E-state index in [2.05, 4.69) is 53.2 Å². The second kappa shape index (κ2) is 13.8. The largest absolute Gasteiger partial charge is 0.385 e. The van der Waals surface area contributed by atoms with Crippen molar-refractivity contribution in [3.05, 3.63) is 35.4 Å². The quantitative estimate of drug-likeness (QED) is 0.337. The lowest BCUT2D eigenvalue weighted by molar-refractivity contribution is 0.00990. The molecular weight excluding hydrogens is 400 g/mol. The number of aliphatic imine (C=N–C) groups is 1. The molecule has 0 radical (unpaired) electrons. The molecule has 2 aliphatic heterocycles. The van der Waals surface area contributed by atoms with Gasteiger partial charge in [-0.1, -0.05) is 31.2 Å². The van der Waals surface area contributed by atoms with Gasteiger partial charge in [-0.2, -0.15) is 0 Å². The second-order valence-electron chi connectivity index (χ2n) is 9.37. The fourth-order valence-corrected chi connectivity index (χ4v) is 4.72. The minimum Gasteiger partial charge on any atom is -0.385 e. The first kappa shape index (κ1) is 25.0. The summed E-state index contributed by atoms with van der Waals surface area (Å²) >= 11 is 0. The number of methoxy groups -OCH3 is 1. The molecule has 32 heavy (non-hydrogen) atoms. The van der Waals surface area contributed by atoms with Gasteiger partial charge in [0.1, 0.15) is 0 Å². The van der Waals surface area contributed by atoms with Gasteiger partial charge in [-0.05, 0) is 62.6 Å². The van der Waals surface area contributed by atoms with Crippen molar-refractivity contribution in [2.45, 2.75) is 65.1 Å². The number of ether oxygens (including phenoxy) is 2. The number of rotatable bonds is 10. The molecule has 180 valence electrons. The van der Waals surface area contributed by atoms with Crippen LogP contribution in [-0.2, 0) is 22.6 Å². The molecule has 0 spiro atoms. The predicted octanol–water partition coefficient (Wildman–Crippen LogP) is 3.90. The van der Waals surface area contributed by atoms with E-state index in [1.807, 2.05) is 0 Å². The Morgan fingerprint density at radius 1 is 1.06 bits per heavy atom. The SMILES string of the molecule is CCNC(=NCc1ccc(CN2CCCC(C)C2)cc1)N1CCC(OCCCOC)CC1.